The smallest absolute Gasteiger partial charge is 0.305 e. The van der Waals surface area contributed by atoms with E-state index in [1.165, 1.54) is 0 Å². The SMILES string of the molecule is Cc1cc(C)nc(N2CCC(OCCC(=O)O)CC2)n1. The molecule has 0 amide bonds. The first-order valence-corrected chi connectivity index (χ1v) is 6.95. The van der Waals surface area contributed by atoms with Gasteiger partial charge >= 0.3 is 5.97 Å². The summed E-state index contributed by atoms with van der Waals surface area (Å²) in [5.74, 6) is -0.0300. The molecule has 0 radical (unpaired) electrons. The second-order valence-corrected chi connectivity index (χ2v) is 5.15. The molecule has 6 heteroatoms. The van der Waals surface area contributed by atoms with E-state index >= 15 is 0 Å². The van der Waals surface area contributed by atoms with E-state index in [-0.39, 0.29) is 12.5 Å². The number of anilines is 1. The number of aryl methyl sites for hydroxylation is 2. The Labute approximate surface area is 118 Å². The molecule has 1 fully saturated rings. The van der Waals surface area contributed by atoms with Gasteiger partial charge in [0.1, 0.15) is 0 Å². The molecule has 1 aliphatic rings. The highest BCUT2D eigenvalue weighted by molar-refractivity contribution is 5.66. The molecule has 1 aromatic rings. The van der Waals surface area contributed by atoms with Crippen molar-refractivity contribution in [2.45, 2.75) is 39.2 Å². The first kappa shape index (κ1) is 14.7. The first-order chi connectivity index (χ1) is 9.54. The summed E-state index contributed by atoms with van der Waals surface area (Å²) >= 11 is 0. The average molecular weight is 279 g/mol. The topological polar surface area (TPSA) is 75.6 Å². The van der Waals surface area contributed by atoms with E-state index in [0.717, 1.165) is 43.3 Å². The maximum atomic E-state index is 10.4. The number of aromatic nitrogens is 2. The molecule has 1 saturated heterocycles. The van der Waals surface area contributed by atoms with Crippen LogP contribution in [0.4, 0.5) is 5.95 Å². The van der Waals surface area contributed by atoms with Crippen molar-refractivity contribution >= 4 is 11.9 Å². The van der Waals surface area contributed by atoms with Crippen molar-refractivity contribution in [3.8, 4) is 0 Å². The molecule has 110 valence electrons. The minimum atomic E-state index is -0.814. The number of aliphatic carboxylic acids is 1. The van der Waals surface area contributed by atoms with Gasteiger partial charge in [-0.3, -0.25) is 4.79 Å². The third-order valence-electron chi connectivity index (χ3n) is 3.36. The maximum absolute atomic E-state index is 10.4. The zero-order valence-corrected chi connectivity index (χ0v) is 12.0. The van der Waals surface area contributed by atoms with Crippen LogP contribution in [0.2, 0.25) is 0 Å². The number of carboxylic acid groups (broad SMARTS) is 1. The van der Waals surface area contributed by atoms with Crippen molar-refractivity contribution in [3.05, 3.63) is 17.5 Å². The summed E-state index contributed by atoms with van der Waals surface area (Å²) in [6.07, 6.45) is 1.99. The van der Waals surface area contributed by atoms with E-state index in [1.807, 2.05) is 19.9 Å². The van der Waals surface area contributed by atoms with Gasteiger partial charge in [-0.2, -0.15) is 0 Å². The molecule has 2 heterocycles. The third kappa shape index (κ3) is 4.16. The van der Waals surface area contributed by atoms with Gasteiger partial charge in [0, 0.05) is 24.5 Å². The van der Waals surface area contributed by atoms with E-state index in [2.05, 4.69) is 14.9 Å². The zero-order chi connectivity index (χ0) is 14.5. The van der Waals surface area contributed by atoms with Crippen molar-refractivity contribution in [1.29, 1.82) is 0 Å². The number of piperidine rings is 1. The van der Waals surface area contributed by atoms with Crippen molar-refractivity contribution in [1.82, 2.24) is 9.97 Å². The Balaban J connectivity index is 1.83. The number of hydrogen-bond acceptors (Lipinski definition) is 5. The van der Waals surface area contributed by atoms with Crippen LogP contribution in [0.15, 0.2) is 6.07 Å². The summed E-state index contributed by atoms with van der Waals surface area (Å²) in [5.41, 5.74) is 1.96. The number of rotatable bonds is 5. The average Bonchev–Trinajstić information content (AvgIpc) is 2.38. The predicted octanol–water partition coefficient (Wildman–Crippen LogP) is 1.55. The van der Waals surface area contributed by atoms with Gasteiger partial charge in [0.2, 0.25) is 5.95 Å². The lowest BCUT2D eigenvalue weighted by atomic mass is 10.1. The fourth-order valence-electron chi connectivity index (χ4n) is 2.38. The Bertz CT molecular complexity index is 450. The molecule has 0 aromatic carbocycles. The minimum Gasteiger partial charge on any atom is -0.481 e. The lowest BCUT2D eigenvalue weighted by Gasteiger charge is -2.32. The maximum Gasteiger partial charge on any atom is 0.305 e. The summed E-state index contributed by atoms with van der Waals surface area (Å²) in [6.45, 7) is 5.93. The Morgan fingerprint density at radius 3 is 2.50 bits per heavy atom. The van der Waals surface area contributed by atoms with E-state index in [4.69, 9.17) is 9.84 Å². The Hall–Kier alpha value is -1.69. The van der Waals surface area contributed by atoms with Crippen LogP contribution in [0.1, 0.15) is 30.7 Å². The van der Waals surface area contributed by atoms with Gasteiger partial charge in [-0.05, 0) is 32.8 Å². The van der Waals surface area contributed by atoms with Crippen molar-refractivity contribution < 1.29 is 14.6 Å². The zero-order valence-electron chi connectivity index (χ0n) is 12.0. The second-order valence-electron chi connectivity index (χ2n) is 5.15. The quantitative estimate of drug-likeness (QED) is 0.881. The van der Waals surface area contributed by atoms with Crippen LogP contribution >= 0.6 is 0 Å². The normalized spacial score (nSPS) is 16.4. The number of hydrogen-bond donors (Lipinski definition) is 1. The summed E-state index contributed by atoms with van der Waals surface area (Å²) in [7, 11) is 0. The van der Waals surface area contributed by atoms with Crippen LogP contribution in [0.3, 0.4) is 0 Å². The molecule has 1 aromatic heterocycles. The standard InChI is InChI=1S/C14H21N3O3/c1-10-9-11(2)16-14(15-10)17-6-3-12(4-7-17)20-8-5-13(18)19/h9,12H,3-8H2,1-2H3,(H,18,19). The molecule has 2 rings (SSSR count). The Kier molecular flexibility index (Phi) is 4.89. The van der Waals surface area contributed by atoms with Crippen molar-refractivity contribution in [2.75, 3.05) is 24.6 Å². The van der Waals surface area contributed by atoms with Crippen LogP contribution in [-0.2, 0) is 9.53 Å². The van der Waals surface area contributed by atoms with Gasteiger partial charge < -0.3 is 14.7 Å². The molecule has 0 spiro atoms. The van der Waals surface area contributed by atoms with Gasteiger partial charge in [-0.1, -0.05) is 0 Å². The number of carboxylic acids is 1. The Morgan fingerprint density at radius 1 is 1.35 bits per heavy atom. The van der Waals surface area contributed by atoms with Crippen LogP contribution in [0.5, 0.6) is 0 Å². The molecule has 20 heavy (non-hydrogen) atoms. The molecule has 1 N–H and O–H groups in total. The number of ether oxygens (including phenoxy) is 1. The highest BCUT2D eigenvalue weighted by Crippen LogP contribution is 2.19. The van der Waals surface area contributed by atoms with E-state index in [9.17, 15) is 4.79 Å². The highest BCUT2D eigenvalue weighted by atomic mass is 16.5. The first-order valence-electron chi connectivity index (χ1n) is 6.95. The van der Waals surface area contributed by atoms with Crippen LogP contribution in [-0.4, -0.2) is 46.8 Å². The fraction of sp³-hybridized carbons (Fsp3) is 0.643. The van der Waals surface area contributed by atoms with Gasteiger partial charge in [-0.25, -0.2) is 9.97 Å². The number of carbonyl (C=O) groups is 1. The molecular weight excluding hydrogens is 258 g/mol. The fourth-order valence-corrected chi connectivity index (χ4v) is 2.38. The second kappa shape index (κ2) is 6.65. The lowest BCUT2D eigenvalue weighted by molar-refractivity contribution is -0.138. The molecular formula is C14H21N3O3. The molecule has 0 unspecified atom stereocenters. The van der Waals surface area contributed by atoms with Crippen LogP contribution < -0.4 is 4.90 Å². The van der Waals surface area contributed by atoms with E-state index in [0.29, 0.717) is 6.61 Å². The van der Waals surface area contributed by atoms with Gasteiger partial charge in [0.25, 0.3) is 0 Å². The summed E-state index contributed by atoms with van der Waals surface area (Å²) < 4.78 is 5.58. The minimum absolute atomic E-state index is 0.0698. The molecule has 1 aliphatic heterocycles. The predicted molar refractivity (Wildman–Crippen MR) is 74.9 cm³/mol. The van der Waals surface area contributed by atoms with Crippen molar-refractivity contribution in [3.63, 3.8) is 0 Å². The molecule has 6 nitrogen and oxygen atoms in total. The third-order valence-corrected chi connectivity index (χ3v) is 3.36. The molecule has 0 bridgehead atoms. The molecule has 0 saturated carbocycles. The van der Waals surface area contributed by atoms with Gasteiger partial charge in [-0.15, -0.1) is 0 Å². The largest absolute Gasteiger partial charge is 0.481 e. The summed E-state index contributed by atoms with van der Waals surface area (Å²) in [4.78, 5) is 21.5. The van der Waals surface area contributed by atoms with Crippen molar-refractivity contribution in [2.24, 2.45) is 0 Å². The summed E-state index contributed by atoms with van der Waals surface area (Å²) in [6, 6.07) is 1.96. The monoisotopic (exact) mass is 279 g/mol. The Morgan fingerprint density at radius 2 is 1.95 bits per heavy atom. The van der Waals surface area contributed by atoms with E-state index < -0.39 is 5.97 Å². The van der Waals surface area contributed by atoms with Crippen LogP contribution in [0.25, 0.3) is 0 Å². The molecule has 0 atom stereocenters. The van der Waals surface area contributed by atoms with Gasteiger partial charge in [0.15, 0.2) is 0 Å². The highest BCUT2D eigenvalue weighted by Gasteiger charge is 2.21. The number of nitrogens with zero attached hydrogens (tertiary/aromatic N) is 3. The van der Waals surface area contributed by atoms with Crippen LogP contribution in [0, 0.1) is 13.8 Å². The van der Waals surface area contributed by atoms with Gasteiger partial charge in [0.05, 0.1) is 19.1 Å². The van der Waals surface area contributed by atoms with E-state index in [1.54, 1.807) is 0 Å². The lowest BCUT2D eigenvalue weighted by Crippen LogP contribution is -2.38. The molecule has 0 aliphatic carbocycles. The summed E-state index contributed by atoms with van der Waals surface area (Å²) in [5, 5.41) is 8.58.